The summed E-state index contributed by atoms with van der Waals surface area (Å²) in [6.45, 7) is 5.02. The minimum Gasteiger partial charge on any atom is -0.481 e. The molecule has 104 valence electrons. The number of nitrogens with zero attached hydrogens (tertiary/aromatic N) is 1. The predicted octanol–water partition coefficient (Wildman–Crippen LogP) is 3.12. The molecule has 0 spiro atoms. The molecule has 1 N–H and O–H groups in total. The summed E-state index contributed by atoms with van der Waals surface area (Å²) in [5.41, 5.74) is 0.906. The number of hydrogen-bond donors (Lipinski definition) is 1. The van der Waals surface area contributed by atoms with Crippen LogP contribution in [-0.2, 0) is 4.79 Å². The smallest absolute Gasteiger partial charge is 0.312 e. The maximum Gasteiger partial charge on any atom is 0.312 e. The molecule has 1 heterocycles. The Kier molecular flexibility index (Phi) is 4.59. The Morgan fingerprint density at radius 3 is 2.63 bits per heavy atom. The van der Waals surface area contributed by atoms with Crippen LogP contribution >= 0.6 is 0 Å². The van der Waals surface area contributed by atoms with Crippen LogP contribution in [0, 0.1) is 0 Å². The van der Waals surface area contributed by atoms with Crippen LogP contribution in [0.5, 0.6) is 0 Å². The molecule has 1 aromatic rings. The Morgan fingerprint density at radius 2 is 2.05 bits per heavy atom. The van der Waals surface area contributed by atoms with Crippen molar-refractivity contribution in [2.24, 2.45) is 0 Å². The van der Waals surface area contributed by atoms with Gasteiger partial charge in [0.05, 0.1) is 5.92 Å². The van der Waals surface area contributed by atoms with Gasteiger partial charge in [-0.25, -0.2) is 0 Å². The second kappa shape index (κ2) is 6.20. The SMILES string of the molecule is CCC1CCC(C)N1CC(C(=O)O)c1ccccc1. The minimum atomic E-state index is -0.722. The van der Waals surface area contributed by atoms with Crippen LogP contribution in [0.2, 0.25) is 0 Å². The molecule has 0 radical (unpaired) electrons. The molecular formula is C16H23NO2. The van der Waals surface area contributed by atoms with Gasteiger partial charge in [0.1, 0.15) is 0 Å². The number of rotatable bonds is 5. The second-order valence-corrected chi connectivity index (χ2v) is 5.49. The normalized spacial score (nSPS) is 25.4. The van der Waals surface area contributed by atoms with Gasteiger partial charge in [0.15, 0.2) is 0 Å². The van der Waals surface area contributed by atoms with Crippen molar-refractivity contribution in [3.8, 4) is 0 Å². The van der Waals surface area contributed by atoms with E-state index in [1.165, 1.54) is 12.8 Å². The first-order valence-corrected chi connectivity index (χ1v) is 7.17. The summed E-state index contributed by atoms with van der Waals surface area (Å²) in [6.07, 6.45) is 3.48. The molecule has 1 fully saturated rings. The van der Waals surface area contributed by atoms with Crippen molar-refractivity contribution < 1.29 is 9.90 Å². The van der Waals surface area contributed by atoms with Crippen LogP contribution in [-0.4, -0.2) is 34.6 Å². The Labute approximate surface area is 115 Å². The van der Waals surface area contributed by atoms with Crippen LogP contribution in [0.25, 0.3) is 0 Å². The molecule has 1 aliphatic rings. The molecule has 3 atom stereocenters. The molecule has 3 nitrogen and oxygen atoms in total. The maximum atomic E-state index is 11.6. The van der Waals surface area contributed by atoms with Gasteiger partial charge in [-0.1, -0.05) is 37.3 Å². The van der Waals surface area contributed by atoms with Crippen LogP contribution < -0.4 is 0 Å². The fourth-order valence-electron chi connectivity index (χ4n) is 3.12. The van der Waals surface area contributed by atoms with E-state index >= 15 is 0 Å². The molecule has 3 unspecified atom stereocenters. The number of likely N-dealkylation sites (tertiary alicyclic amines) is 1. The number of carboxylic acid groups (broad SMARTS) is 1. The Hall–Kier alpha value is -1.35. The van der Waals surface area contributed by atoms with Gasteiger partial charge in [-0.2, -0.15) is 0 Å². The van der Waals surface area contributed by atoms with Crippen LogP contribution in [0.15, 0.2) is 30.3 Å². The highest BCUT2D eigenvalue weighted by Gasteiger charge is 2.33. The molecule has 0 aromatic heterocycles. The van der Waals surface area contributed by atoms with Gasteiger partial charge in [-0.05, 0) is 31.7 Å². The Balaban J connectivity index is 2.15. The molecule has 0 amide bonds. The molecule has 1 aliphatic heterocycles. The molecule has 3 heteroatoms. The summed E-state index contributed by atoms with van der Waals surface area (Å²) in [5, 5.41) is 9.51. The lowest BCUT2D eigenvalue weighted by Gasteiger charge is -2.30. The number of hydrogen-bond acceptors (Lipinski definition) is 2. The minimum absolute atomic E-state index is 0.421. The third-order valence-electron chi connectivity index (χ3n) is 4.32. The van der Waals surface area contributed by atoms with Crippen LogP contribution in [0.4, 0.5) is 0 Å². The van der Waals surface area contributed by atoms with Gasteiger partial charge in [0, 0.05) is 18.6 Å². The Morgan fingerprint density at radius 1 is 1.37 bits per heavy atom. The summed E-state index contributed by atoms with van der Waals surface area (Å²) in [6, 6.07) is 10.6. The molecule has 19 heavy (non-hydrogen) atoms. The lowest BCUT2D eigenvalue weighted by atomic mass is 9.98. The highest BCUT2D eigenvalue weighted by molar-refractivity contribution is 5.76. The van der Waals surface area contributed by atoms with Gasteiger partial charge < -0.3 is 5.11 Å². The third kappa shape index (κ3) is 3.16. The quantitative estimate of drug-likeness (QED) is 0.885. The van der Waals surface area contributed by atoms with E-state index in [1.807, 2.05) is 30.3 Å². The molecule has 0 bridgehead atoms. The number of carboxylic acids is 1. The van der Waals surface area contributed by atoms with Crippen molar-refractivity contribution in [1.82, 2.24) is 4.90 Å². The maximum absolute atomic E-state index is 11.6. The average Bonchev–Trinajstić information content (AvgIpc) is 2.77. The predicted molar refractivity (Wildman–Crippen MR) is 76.3 cm³/mol. The lowest BCUT2D eigenvalue weighted by molar-refractivity contribution is -0.139. The van der Waals surface area contributed by atoms with Gasteiger partial charge in [-0.3, -0.25) is 9.69 Å². The first-order valence-electron chi connectivity index (χ1n) is 7.17. The van der Waals surface area contributed by atoms with Gasteiger partial charge in [-0.15, -0.1) is 0 Å². The average molecular weight is 261 g/mol. The zero-order chi connectivity index (χ0) is 13.8. The highest BCUT2D eigenvalue weighted by atomic mass is 16.4. The highest BCUT2D eigenvalue weighted by Crippen LogP contribution is 2.29. The first kappa shape index (κ1) is 14.1. The van der Waals surface area contributed by atoms with Crippen molar-refractivity contribution in [1.29, 1.82) is 0 Å². The van der Waals surface area contributed by atoms with Gasteiger partial charge in [0.25, 0.3) is 0 Å². The van der Waals surface area contributed by atoms with E-state index in [1.54, 1.807) is 0 Å². The Bertz CT molecular complexity index is 418. The summed E-state index contributed by atoms with van der Waals surface area (Å²) in [4.78, 5) is 13.9. The monoisotopic (exact) mass is 261 g/mol. The van der Waals surface area contributed by atoms with E-state index in [4.69, 9.17) is 0 Å². The molecule has 1 aromatic carbocycles. The van der Waals surface area contributed by atoms with Crippen molar-refractivity contribution in [3.05, 3.63) is 35.9 Å². The van der Waals surface area contributed by atoms with Gasteiger partial charge in [0.2, 0.25) is 0 Å². The van der Waals surface area contributed by atoms with Gasteiger partial charge >= 0.3 is 5.97 Å². The van der Waals surface area contributed by atoms with E-state index in [9.17, 15) is 9.90 Å². The number of carbonyl (C=O) groups is 1. The number of benzene rings is 1. The fourth-order valence-corrected chi connectivity index (χ4v) is 3.12. The zero-order valence-electron chi connectivity index (χ0n) is 11.7. The summed E-state index contributed by atoms with van der Waals surface area (Å²) in [5.74, 6) is -1.14. The summed E-state index contributed by atoms with van der Waals surface area (Å²) >= 11 is 0. The van der Waals surface area contributed by atoms with E-state index in [-0.39, 0.29) is 0 Å². The zero-order valence-corrected chi connectivity index (χ0v) is 11.7. The number of aliphatic carboxylic acids is 1. The molecule has 0 aliphatic carbocycles. The van der Waals surface area contributed by atoms with E-state index < -0.39 is 11.9 Å². The van der Waals surface area contributed by atoms with E-state index in [0.717, 1.165) is 12.0 Å². The van der Waals surface area contributed by atoms with Crippen LogP contribution in [0.1, 0.15) is 44.6 Å². The first-order chi connectivity index (χ1) is 9.13. The molecular weight excluding hydrogens is 238 g/mol. The van der Waals surface area contributed by atoms with Crippen molar-refractivity contribution in [2.45, 2.75) is 51.1 Å². The topological polar surface area (TPSA) is 40.5 Å². The van der Waals surface area contributed by atoms with Crippen LogP contribution in [0.3, 0.4) is 0 Å². The summed E-state index contributed by atoms with van der Waals surface area (Å²) < 4.78 is 0. The van der Waals surface area contributed by atoms with E-state index in [0.29, 0.717) is 18.6 Å². The fraction of sp³-hybridized carbons (Fsp3) is 0.562. The van der Waals surface area contributed by atoms with Crippen molar-refractivity contribution >= 4 is 5.97 Å². The van der Waals surface area contributed by atoms with Crippen molar-refractivity contribution in [2.75, 3.05) is 6.54 Å². The van der Waals surface area contributed by atoms with E-state index in [2.05, 4.69) is 18.7 Å². The lowest BCUT2D eigenvalue weighted by Crippen LogP contribution is -2.39. The molecule has 0 saturated carbocycles. The largest absolute Gasteiger partial charge is 0.481 e. The molecule has 1 saturated heterocycles. The third-order valence-corrected chi connectivity index (χ3v) is 4.32. The second-order valence-electron chi connectivity index (χ2n) is 5.49. The summed E-state index contributed by atoms with van der Waals surface area (Å²) in [7, 11) is 0. The standard InChI is InChI=1S/C16H23NO2/c1-3-14-10-9-12(2)17(14)11-15(16(18)19)13-7-5-4-6-8-13/h4-8,12,14-15H,3,9-11H2,1-2H3,(H,18,19). The van der Waals surface area contributed by atoms with Crippen molar-refractivity contribution in [3.63, 3.8) is 0 Å². The molecule has 2 rings (SSSR count).